The van der Waals surface area contributed by atoms with E-state index in [-0.39, 0.29) is 17.9 Å². The fourth-order valence-corrected chi connectivity index (χ4v) is 3.20. The van der Waals surface area contributed by atoms with Gasteiger partial charge in [0.2, 0.25) is 5.91 Å². The first-order valence-electron chi connectivity index (χ1n) is 7.35. The maximum Gasteiger partial charge on any atom is 0.251 e. The summed E-state index contributed by atoms with van der Waals surface area (Å²) in [6.07, 6.45) is 3.81. The van der Waals surface area contributed by atoms with Crippen LogP contribution in [0.1, 0.15) is 31.2 Å². The van der Waals surface area contributed by atoms with E-state index in [1.54, 1.807) is 0 Å². The molecule has 0 aliphatic carbocycles. The molecule has 2 aliphatic heterocycles. The van der Waals surface area contributed by atoms with Crippen LogP contribution in [0.25, 0.3) is 0 Å². The van der Waals surface area contributed by atoms with E-state index in [0.717, 1.165) is 37.2 Å². The third-order valence-corrected chi connectivity index (χ3v) is 4.31. The number of hydrogen-bond acceptors (Lipinski definition) is 3. The maximum absolute atomic E-state index is 12.6. The molecule has 3 rings (SSSR count). The Morgan fingerprint density at radius 1 is 1.05 bits per heavy atom. The van der Waals surface area contributed by atoms with E-state index >= 15 is 0 Å². The number of imide groups is 1. The highest BCUT2D eigenvalue weighted by Gasteiger charge is 2.43. The topological polar surface area (TPSA) is 40.6 Å². The van der Waals surface area contributed by atoms with Gasteiger partial charge in [-0.05, 0) is 44.5 Å². The fraction of sp³-hybridized carbons (Fsp3) is 0.500. The zero-order chi connectivity index (χ0) is 14.1. The van der Waals surface area contributed by atoms with E-state index in [4.69, 9.17) is 0 Å². The van der Waals surface area contributed by atoms with Gasteiger partial charge in [0.1, 0.15) is 0 Å². The van der Waals surface area contributed by atoms with E-state index < -0.39 is 0 Å². The lowest BCUT2D eigenvalue weighted by Crippen LogP contribution is -2.44. The molecule has 1 aromatic carbocycles. The van der Waals surface area contributed by atoms with E-state index in [2.05, 4.69) is 4.90 Å². The van der Waals surface area contributed by atoms with Gasteiger partial charge >= 0.3 is 0 Å². The lowest BCUT2D eigenvalue weighted by molar-refractivity contribution is -0.123. The van der Waals surface area contributed by atoms with Crippen molar-refractivity contribution >= 4 is 17.5 Å². The van der Waals surface area contributed by atoms with Crippen molar-refractivity contribution in [3.63, 3.8) is 0 Å². The van der Waals surface area contributed by atoms with Gasteiger partial charge in [-0.2, -0.15) is 0 Å². The average molecular weight is 272 g/mol. The standard InChI is InChI=1S/C16H20N2O2/c1-12-7-3-4-8-13(12)18-15(19)11-14(16(18)20)17-9-5-2-6-10-17/h3-4,7-8,14H,2,5-6,9-11H2,1H3/t14-/m0/s1. The van der Waals surface area contributed by atoms with Crippen molar-refractivity contribution < 1.29 is 9.59 Å². The summed E-state index contributed by atoms with van der Waals surface area (Å²) < 4.78 is 0. The molecule has 2 heterocycles. The molecular formula is C16H20N2O2. The Morgan fingerprint density at radius 3 is 2.45 bits per heavy atom. The Labute approximate surface area is 119 Å². The Bertz CT molecular complexity index is 535. The first-order chi connectivity index (χ1) is 9.68. The number of amides is 2. The van der Waals surface area contributed by atoms with Crippen molar-refractivity contribution in [1.29, 1.82) is 0 Å². The molecule has 0 radical (unpaired) electrons. The van der Waals surface area contributed by atoms with Gasteiger partial charge in [0.25, 0.3) is 5.91 Å². The molecule has 20 heavy (non-hydrogen) atoms. The Kier molecular flexibility index (Phi) is 3.57. The minimum atomic E-state index is -0.248. The number of nitrogens with zero attached hydrogens (tertiary/aromatic N) is 2. The summed E-state index contributed by atoms with van der Waals surface area (Å²) >= 11 is 0. The summed E-state index contributed by atoms with van der Waals surface area (Å²) in [6.45, 7) is 3.81. The van der Waals surface area contributed by atoms with E-state index in [9.17, 15) is 9.59 Å². The predicted molar refractivity (Wildman–Crippen MR) is 77.5 cm³/mol. The van der Waals surface area contributed by atoms with Gasteiger partial charge in [0.15, 0.2) is 0 Å². The third-order valence-electron chi connectivity index (χ3n) is 4.31. The zero-order valence-corrected chi connectivity index (χ0v) is 11.8. The Balaban J connectivity index is 1.85. The normalized spacial score (nSPS) is 24.4. The molecule has 2 amide bonds. The second-order valence-electron chi connectivity index (χ2n) is 5.67. The molecule has 1 aromatic rings. The number of hydrogen-bond donors (Lipinski definition) is 0. The molecule has 4 nitrogen and oxygen atoms in total. The Hall–Kier alpha value is -1.68. The molecule has 0 saturated carbocycles. The molecule has 0 N–H and O–H groups in total. The number of carbonyl (C=O) groups excluding carboxylic acids is 2. The van der Waals surface area contributed by atoms with Crippen LogP contribution in [0.15, 0.2) is 24.3 Å². The van der Waals surface area contributed by atoms with Crippen molar-refractivity contribution in [1.82, 2.24) is 4.90 Å². The molecule has 4 heteroatoms. The predicted octanol–water partition coefficient (Wildman–Crippen LogP) is 2.11. The summed E-state index contributed by atoms with van der Waals surface area (Å²) in [7, 11) is 0. The molecule has 2 saturated heterocycles. The number of para-hydroxylation sites is 1. The van der Waals surface area contributed by atoms with Crippen molar-refractivity contribution in [2.45, 2.75) is 38.6 Å². The molecule has 0 aromatic heterocycles. The average Bonchev–Trinajstić information content (AvgIpc) is 2.76. The number of aryl methyl sites for hydroxylation is 1. The van der Waals surface area contributed by atoms with E-state index in [0.29, 0.717) is 6.42 Å². The Morgan fingerprint density at radius 2 is 1.75 bits per heavy atom. The lowest BCUT2D eigenvalue weighted by atomic mass is 10.1. The number of likely N-dealkylation sites (tertiary alicyclic amines) is 1. The monoisotopic (exact) mass is 272 g/mol. The van der Waals surface area contributed by atoms with Crippen LogP contribution >= 0.6 is 0 Å². The van der Waals surface area contributed by atoms with Crippen molar-refractivity contribution in [2.24, 2.45) is 0 Å². The molecule has 1 atom stereocenters. The van der Waals surface area contributed by atoms with Crippen molar-refractivity contribution in [2.75, 3.05) is 18.0 Å². The van der Waals surface area contributed by atoms with Gasteiger partial charge < -0.3 is 0 Å². The van der Waals surface area contributed by atoms with Crippen LogP contribution in [-0.2, 0) is 9.59 Å². The molecular weight excluding hydrogens is 252 g/mol. The summed E-state index contributed by atoms with van der Waals surface area (Å²) in [5, 5.41) is 0. The van der Waals surface area contributed by atoms with Crippen LogP contribution in [0.4, 0.5) is 5.69 Å². The minimum Gasteiger partial charge on any atom is -0.292 e. The molecule has 0 spiro atoms. The minimum absolute atomic E-state index is 0.0498. The van der Waals surface area contributed by atoms with Gasteiger partial charge in [-0.3, -0.25) is 14.5 Å². The largest absolute Gasteiger partial charge is 0.292 e. The highest BCUT2D eigenvalue weighted by atomic mass is 16.2. The number of rotatable bonds is 2. The molecule has 2 fully saturated rings. The number of carbonyl (C=O) groups is 2. The zero-order valence-electron chi connectivity index (χ0n) is 11.8. The fourth-order valence-electron chi connectivity index (χ4n) is 3.20. The van der Waals surface area contributed by atoms with Crippen LogP contribution < -0.4 is 4.90 Å². The number of benzene rings is 1. The van der Waals surface area contributed by atoms with Crippen LogP contribution in [0, 0.1) is 6.92 Å². The molecule has 2 aliphatic rings. The third kappa shape index (κ3) is 2.24. The first kappa shape index (κ1) is 13.3. The van der Waals surface area contributed by atoms with Gasteiger partial charge in [0, 0.05) is 0 Å². The summed E-state index contributed by atoms with van der Waals surface area (Å²) in [4.78, 5) is 28.5. The van der Waals surface area contributed by atoms with E-state index in [1.807, 2.05) is 31.2 Å². The second-order valence-corrected chi connectivity index (χ2v) is 5.67. The summed E-state index contributed by atoms with van der Waals surface area (Å²) in [5.74, 6) is -0.119. The van der Waals surface area contributed by atoms with Crippen LogP contribution in [-0.4, -0.2) is 35.8 Å². The van der Waals surface area contributed by atoms with Gasteiger partial charge in [-0.15, -0.1) is 0 Å². The molecule has 0 unspecified atom stereocenters. The summed E-state index contributed by atoms with van der Waals surface area (Å²) in [6, 6.07) is 7.33. The van der Waals surface area contributed by atoms with Crippen molar-refractivity contribution in [3.05, 3.63) is 29.8 Å². The maximum atomic E-state index is 12.6. The highest BCUT2D eigenvalue weighted by molar-refractivity contribution is 6.22. The highest BCUT2D eigenvalue weighted by Crippen LogP contribution is 2.29. The second kappa shape index (κ2) is 5.37. The van der Waals surface area contributed by atoms with Crippen LogP contribution in [0.3, 0.4) is 0 Å². The van der Waals surface area contributed by atoms with Gasteiger partial charge in [-0.1, -0.05) is 24.6 Å². The molecule has 106 valence electrons. The quantitative estimate of drug-likeness (QED) is 0.774. The van der Waals surface area contributed by atoms with E-state index in [1.165, 1.54) is 11.3 Å². The SMILES string of the molecule is Cc1ccccc1N1C(=O)C[C@H](N2CCCCC2)C1=O. The lowest BCUT2D eigenvalue weighted by Gasteiger charge is -2.30. The number of anilines is 1. The first-order valence-corrected chi connectivity index (χ1v) is 7.35. The van der Waals surface area contributed by atoms with Gasteiger partial charge in [0.05, 0.1) is 18.2 Å². The summed E-state index contributed by atoms with van der Waals surface area (Å²) in [5.41, 5.74) is 1.70. The molecule has 0 bridgehead atoms. The smallest absolute Gasteiger partial charge is 0.251 e. The van der Waals surface area contributed by atoms with Crippen LogP contribution in [0.5, 0.6) is 0 Å². The van der Waals surface area contributed by atoms with Gasteiger partial charge in [-0.25, -0.2) is 4.90 Å². The van der Waals surface area contributed by atoms with Crippen LogP contribution in [0.2, 0.25) is 0 Å². The number of piperidine rings is 1. The van der Waals surface area contributed by atoms with Crippen molar-refractivity contribution in [3.8, 4) is 0 Å².